The molecule has 0 fully saturated rings. The monoisotopic (exact) mass is 274 g/mol. The number of methoxy groups -OCH3 is 1. The van der Waals surface area contributed by atoms with Crippen molar-refractivity contribution in [1.82, 2.24) is 4.98 Å². The van der Waals surface area contributed by atoms with Crippen LogP contribution in [-0.2, 0) is 9.53 Å². The molecular weight excluding hydrogens is 256 g/mol. The molecule has 4 nitrogen and oxygen atoms in total. The molecule has 0 saturated carbocycles. The lowest BCUT2D eigenvalue weighted by Gasteiger charge is -2.20. The minimum absolute atomic E-state index is 0.343. The standard InChI is InChI=1S/C11H18N2O2S2/c1-11(12,9(14)15-2)5-3-4-7-16-10-13-6-8-17-10/h6,8H,3-5,7,12H2,1-2H3. The van der Waals surface area contributed by atoms with Crippen molar-refractivity contribution in [3.8, 4) is 0 Å². The summed E-state index contributed by atoms with van der Waals surface area (Å²) in [7, 11) is 1.37. The molecule has 0 bridgehead atoms. The predicted molar refractivity (Wildman–Crippen MR) is 71.3 cm³/mol. The molecule has 1 rings (SSSR count). The van der Waals surface area contributed by atoms with Crippen LogP contribution in [0, 0.1) is 0 Å². The predicted octanol–water partition coefficient (Wildman–Crippen LogP) is 2.30. The maximum atomic E-state index is 11.3. The van der Waals surface area contributed by atoms with E-state index in [1.54, 1.807) is 36.2 Å². The van der Waals surface area contributed by atoms with Gasteiger partial charge in [-0.05, 0) is 19.8 Å². The molecule has 0 aliphatic rings. The Balaban J connectivity index is 2.13. The minimum Gasteiger partial charge on any atom is -0.468 e. The molecule has 0 spiro atoms. The van der Waals surface area contributed by atoms with Crippen molar-refractivity contribution < 1.29 is 9.53 Å². The molecule has 6 heteroatoms. The van der Waals surface area contributed by atoms with Crippen LogP contribution in [0.4, 0.5) is 0 Å². The van der Waals surface area contributed by atoms with Gasteiger partial charge in [0.15, 0.2) is 0 Å². The number of hydrogen-bond acceptors (Lipinski definition) is 6. The van der Waals surface area contributed by atoms with E-state index < -0.39 is 5.54 Å². The van der Waals surface area contributed by atoms with Crippen LogP contribution in [0.25, 0.3) is 0 Å². The molecule has 0 aromatic carbocycles. The third kappa shape index (κ3) is 5.06. The number of nitrogens with two attached hydrogens (primary N) is 1. The molecule has 0 saturated heterocycles. The van der Waals surface area contributed by atoms with Gasteiger partial charge in [0.1, 0.15) is 9.88 Å². The van der Waals surface area contributed by atoms with Gasteiger partial charge < -0.3 is 10.5 Å². The first-order chi connectivity index (χ1) is 8.06. The first kappa shape index (κ1) is 14.5. The smallest absolute Gasteiger partial charge is 0.325 e. The summed E-state index contributed by atoms with van der Waals surface area (Å²) in [5.41, 5.74) is 5.00. The molecule has 0 radical (unpaired) electrons. The van der Waals surface area contributed by atoms with Gasteiger partial charge in [-0.15, -0.1) is 11.3 Å². The molecule has 1 unspecified atom stereocenters. The van der Waals surface area contributed by atoms with E-state index in [9.17, 15) is 4.79 Å². The van der Waals surface area contributed by atoms with Crippen molar-refractivity contribution in [2.75, 3.05) is 12.9 Å². The highest BCUT2D eigenvalue weighted by Gasteiger charge is 2.28. The number of thiazole rings is 1. The van der Waals surface area contributed by atoms with E-state index in [0.29, 0.717) is 6.42 Å². The Hall–Kier alpha value is -0.590. The van der Waals surface area contributed by atoms with Crippen molar-refractivity contribution in [2.45, 2.75) is 36.1 Å². The zero-order valence-electron chi connectivity index (χ0n) is 10.1. The summed E-state index contributed by atoms with van der Waals surface area (Å²) in [5, 5.41) is 1.97. The third-order valence-corrected chi connectivity index (χ3v) is 4.43. The molecule has 1 atom stereocenters. The lowest BCUT2D eigenvalue weighted by molar-refractivity contribution is -0.146. The maximum Gasteiger partial charge on any atom is 0.325 e. The van der Waals surface area contributed by atoms with Gasteiger partial charge in [-0.1, -0.05) is 18.2 Å². The van der Waals surface area contributed by atoms with Crippen LogP contribution in [0.5, 0.6) is 0 Å². The number of nitrogens with zero attached hydrogens (tertiary/aromatic N) is 1. The SMILES string of the molecule is COC(=O)C(C)(N)CCCCSc1nccs1. The average molecular weight is 274 g/mol. The van der Waals surface area contributed by atoms with E-state index in [4.69, 9.17) is 5.73 Å². The summed E-state index contributed by atoms with van der Waals surface area (Å²) in [4.78, 5) is 15.5. The van der Waals surface area contributed by atoms with Crippen LogP contribution in [0.15, 0.2) is 15.9 Å². The highest BCUT2D eigenvalue weighted by atomic mass is 32.2. The second kappa shape index (κ2) is 6.98. The Morgan fingerprint density at radius 3 is 3.00 bits per heavy atom. The van der Waals surface area contributed by atoms with Gasteiger partial charge in [0.25, 0.3) is 0 Å². The Bertz CT molecular complexity index is 339. The summed E-state index contributed by atoms with van der Waals surface area (Å²) in [6, 6.07) is 0. The van der Waals surface area contributed by atoms with Crippen LogP contribution >= 0.6 is 23.1 Å². The molecule has 0 aliphatic heterocycles. The summed E-state index contributed by atoms with van der Waals surface area (Å²) in [5.74, 6) is 0.662. The number of carbonyl (C=O) groups excluding carboxylic acids is 1. The topological polar surface area (TPSA) is 65.2 Å². The highest BCUT2D eigenvalue weighted by molar-refractivity contribution is 8.00. The lowest BCUT2D eigenvalue weighted by Crippen LogP contribution is -2.45. The summed E-state index contributed by atoms with van der Waals surface area (Å²) >= 11 is 3.39. The van der Waals surface area contributed by atoms with Crippen molar-refractivity contribution in [3.05, 3.63) is 11.6 Å². The molecule has 2 N–H and O–H groups in total. The quantitative estimate of drug-likeness (QED) is 0.469. The fourth-order valence-corrected chi connectivity index (χ4v) is 3.08. The Morgan fingerprint density at radius 2 is 2.41 bits per heavy atom. The van der Waals surface area contributed by atoms with Gasteiger partial charge in [0, 0.05) is 17.3 Å². The van der Waals surface area contributed by atoms with E-state index in [2.05, 4.69) is 9.72 Å². The Labute approximate surface area is 110 Å². The number of aromatic nitrogens is 1. The first-order valence-corrected chi connectivity index (χ1v) is 7.32. The molecule has 0 amide bonds. The normalized spacial score (nSPS) is 14.3. The highest BCUT2D eigenvalue weighted by Crippen LogP contribution is 2.22. The minimum atomic E-state index is -0.861. The van der Waals surface area contributed by atoms with E-state index in [-0.39, 0.29) is 5.97 Å². The number of rotatable bonds is 7. The van der Waals surface area contributed by atoms with Gasteiger partial charge in [-0.2, -0.15) is 0 Å². The van der Waals surface area contributed by atoms with Gasteiger partial charge in [0.05, 0.1) is 7.11 Å². The van der Waals surface area contributed by atoms with Gasteiger partial charge in [-0.25, -0.2) is 4.98 Å². The maximum absolute atomic E-state index is 11.3. The van der Waals surface area contributed by atoms with Crippen LogP contribution in [0.3, 0.4) is 0 Å². The number of unbranched alkanes of at least 4 members (excludes halogenated alkanes) is 1. The largest absolute Gasteiger partial charge is 0.468 e. The molecule has 1 aromatic heterocycles. The second-order valence-corrected chi connectivity index (χ2v) is 6.25. The van der Waals surface area contributed by atoms with Gasteiger partial charge in [-0.3, -0.25) is 4.79 Å². The number of thioether (sulfide) groups is 1. The van der Waals surface area contributed by atoms with E-state index in [1.807, 2.05) is 5.38 Å². The van der Waals surface area contributed by atoms with E-state index >= 15 is 0 Å². The summed E-state index contributed by atoms with van der Waals surface area (Å²) < 4.78 is 5.74. The van der Waals surface area contributed by atoms with Crippen LogP contribution in [0.1, 0.15) is 26.2 Å². The summed E-state index contributed by atoms with van der Waals surface area (Å²) in [6.07, 6.45) is 4.40. The van der Waals surface area contributed by atoms with Crippen LogP contribution in [-0.4, -0.2) is 29.4 Å². The Morgan fingerprint density at radius 1 is 1.65 bits per heavy atom. The molecular formula is C11H18N2O2S2. The number of carbonyl (C=O) groups is 1. The second-order valence-electron chi connectivity index (χ2n) is 4.01. The molecule has 17 heavy (non-hydrogen) atoms. The zero-order chi connectivity index (χ0) is 12.7. The molecule has 1 aromatic rings. The zero-order valence-corrected chi connectivity index (χ0v) is 11.8. The number of esters is 1. The van der Waals surface area contributed by atoms with Gasteiger partial charge >= 0.3 is 5.97 Å². The lowest BCUT2D eigenvalue weighted by atomic mass is 9.97. The van der Waals surface area contributed by atoms with E-state index in [1.165, 1.54) is 7.11 Å². The number of ether oxygens (including phenoxy) is 1. The fraction of sp³-hybridized carbons (Fsp3) is 0.636. The van der Waals surface area contributed by atoms with E-state index in [0.717, 1.165) is 22.9 Å². The third-order valence-electron chi connectivity index (χ3n) is 2.38. The molecule has 0 aliphatic carbocycles. The Kier molecular flexibility index (Phi) is 5.94. The van der Waals surface area contributed by atoms with Gasteiger partial charge in [0.2, 0.25) is 0 Å². The van der Waals surface area contributed by atoms with Crippen molar-refractivity contribution >= 4 is 29.1 Å². The van der Waals surface area contributed by atoms with Crippen molar-refractivity contribution in [3.63, 3.8) is 0 Å². The first-order valence-electron chi connectivity index (χ1n) is 5.46. The fourth-order valence-electron chi connectivity index (χ4n) is 1.37. The van der Waals surface area contributed by atoms with Crippen LogP contribution < -0.4 is 5.73 Å². The van der Waals surface area contributed by atoms with Crippen LogP contribution in [0.2, 0.25) is 0 Å². The molecule has 96 valence electrons. The average Bonchev–Trinajstić information content (AvgIpc) is 2.80. The van der Waals surface area contributed by atoms with Crippen molar-refractivity contribution in [1.29, 1.82) is 0 Å². The summed E-state index contributed by atoms with van der Waals surface area (Å²) in [6.45, 7) is 1.72. The molecule has 1 heterocycles. The van der Waals surface area contributed by atoms with Crippen molar-refractivity contribution in [2.24, 2.45) is 5.73 Å². The number of hydrogen-bond donors (Lipinski definition) is 1.